The molecule has 0 bridgehead atoms. The van der Waals surface area contributed by atoms with Crippen molar-refractivity contribution in [3.05, 3.63) is 307 Å². The fraction of sp³-hybridized carbons (Fsp3) is 0.265. The lowest BCUT2D eigenvalue weighted by molar-refractivity contribution is 0.00578. The number of benzene rings is 12. The van der Waals surface area contributed by atoms with Gasteiger partial charge in [0.25, 0.3) is 0 Å². The summed E-state index contributed by atoms with van der Waals surface area (Å²) in [6.07, 6.45) is 0. The van der Waals surface area contributed by atoms with Crippen LogP contribution < -0.4 is 16.1 Å². The number of nitrogens with zero attached hydrogens (tertiary/aromatic N) is 2. The van der Waals surface area contributed by atoms with Crippen molar-refractivity contribution >= 4 is 112 Å². The molecule has 2 aromatic heterocycles. The SMILES string of the molecule is Brc1ccc(Nc2ccc(-c3ccccc3)cc2)cc1.CC(C)[Si](OCc1ccc(-n2c3ccccc3c3cc(-c4ccc(Nc5ccc(-c6ccccc6)cc5)cc4)ccc32)cc1)(C(C)C)C(C)C.CC(C)[Si](OCc1ccc(-n2c3ccccc3c3cc(B4OC(C)(C)C(C)(C)O4)ccc32)cc1)(C(C)C)C(C)C. The molecule has 1 saturated heterocycles. The van der Waals surface area contributed by atoms with Crippen LogP contribution in [0, 0.1) is 0 Å². The van der Waals surface area contributed by atoms with Crippen LogP contribution in [0.1, 0.15) is 122 Å². The number of para-hydroxylation sites is 2. The minimum atomic E-state index is -1.93. The Balaban J connectivity index is 0.000000157. The summed E-state index contributed by atoms with van der Waals surface area (Å²) >= 11 is 3.44. The number of nitrogens with one attached hydrogen (secondary N) is 2. The maximum Gasteiger partial charge on any atom is 0.494 e. The molecule has 3 heterocycles. The number of hydrogen-bond acceptors (Lipinski definition) is 6. The highest BCUT2D eigenvalue weighted by Gasteiger charge is 2.52. The Morgan fingerprint density at radius 3 is 1.00 bits per heavy atom. The number of rotatable bonds is 22. The van der Waals surface area contributed by atoms with Gasteiger partial charge in [0.05, 0.1) is 46.5 Å². The smallest absolute Gasteiger partial charge is 0.412 e. The van der Waals surface area contributed by atoms with Gasteiger partial charge < -0.3 is 37.9 Å². The van der Waals surface area contributed by atoms with Crippen LogP contribution in [0.4, 0.5) is 22.7 Å². The maximum absolute atomic E-state index is 6.91. The molecule has 14 aromatic rings. The molecule has 0 radical (unpaired) electrons. The number of aromatic nitrogens is 2. The van der Waals surface area contributed by atoms with Crippen molar-refractivity contribution in [2.45, 2.75) is 168 Å². The zero-order valence-corrected chi connectivity index (χ0v) is 70.7. The van der Waals surface area contributed by atoms with Gasteiger partial charge in [0.2, 0.25) is 16.6 Å². The second-order valence-electron chi connectivity index (χ2n) is 32.6. The molecule has 12 heteroatoms. The van der Waals surface area contributed by atoms with E-state index in [2.05, 4.69) is 413 Å². The molecule has 15 rings (SSSR count). The highest BCUT2D eigenvalue weighted by molar-refractivity contribution is 9.10. The summed E-state index contributed by atoms with van der Waals surface area (Å²) in [4.78, 5) is 0. The van der Waals surface area contributed by atoms with E-state index in [1.807, 2.05) is 24.3 Å². The molecular formula is C98H108BBrN4O4Si2. The van der Waals surface area contributed by atoms with Gasteiger partial charge in [-0.05, 0) is 226 Å². The van der Waals surface area contributed by atoms with Gasteiger partial charge in [-0.25, -0.2) is 0 Å². The quantitative estimate of drug-likeness (QED) is 0.0659. The summed E-state index contributed by atoms with van der Waals surface area (Å²) in [6, 6.07) is 104. The van der Waals surface area contributed by atoms with Gasteiger partial charge in [-0.15, -0.1) is 0 Å². The molecule has 12 aromatic carbocycles. The zero-order chi connectivity index (χ0) is 77.7. The van der Waals surface area contributed by atoms with Crippen molar-refractivity contribution in [2.75, 3.05) is 10.6 Å². The molecule has 110 heavy (non-hydrogen) atoms. The molecule has 1 fully saturated rings. The van der Waals surface area contributed by atoms with Crippen molar-refractivity contribution in [1.29, 1.82) is 0 Å². The van der Waals surface area contributed by atoms with Crippen LogP contribution in [0.25, 0.3) is 88.4 Å². The Bertz CT molecular complexity index is 5330. The number of anilines is 4. The van der Waals surface area contributed by atoms with Crippen molar-refractivity contribution in [2.24, 2.45) is 0 Å². The van der Waals surface area contributed by atoms with Crippen LogP contribution in [0.2, 0.25) is 33.2 Å². The minimum Gasteiger partial charge on any atom is -0.412 e. The van der Waals surface area contributed by atoms with E-state index >= 15 is 0 Å². The van der Waals surface area contributed by atoms with Crippen LogP contribution in [-0.4, -0.2) is 44.1 Å². The monoisotopic (exact) mass is 1550 g/mol. The van der Waals surface area contributed by atoms with Crippen LogP contribution in [-0.2, 0) is 31.4 Å². The van der Waals surface area contributed by atoms with E-state index in [-0.39, 0.29) is 18.3 Å². The molecule has 1 aliphatic heterocycles. The molecule has 0 atom stereocenters. The Labute approximate surface area is 664 Å². The van der Waals surface area contributed by atoms with E-state index in [0.29, 0.717) is 46.5 Å². The topological polar surface area (TPSA) is 70.8 Å². The molecule has 0 amide bonds. The molecule has 2 N–H and O–H groups in total. The van der Waals surface area contributed by atoms with Gasteiger partial charge in [-0.1, -0.05) is 275 Å². The lowest BCUT2D eigenvalue weighted by Crippen LogP contribution is -2.47. The van der Waals surface area contributed by atoms with Crippen LogP contribution in [0.5, 0.6) is 0 Å². The van der Waals surface area contributed by atoms with Gasteiger partial charge in [0, 0.05) is 60.1 Å². The molecule has 562 valence electrons. The molecule has 0 aliphatic carbocycles. The summed E-state index contributed by atoms with van der Waals surface area (Å²) in [5.41, 5.74) is 25.0. The first-order valence-corrected chi connectivity index (χ1v) is 44.5. The predicted molar refractivity (Wildman–Crippen MR) is 479 cm³/mol. The average molecular weight is 1550 g/mol. The van der Waals surface area contributed by atoms with Crippen molar-refractivity contribution in [3.63, 3.8) is 0 Å². The van der Waals surface area contributed by atoms with Gasteiger partial charge in [0.15, 0.2) is 0 Å². The van der Waals surface area contributed by atoms with E-state index in [1.165, 1.54) is 93.8 Å². The van der Waals surface area contributed by atoms with E-state index < -0.39 is 16.6 Å². The van der Waals surface area contributed by atoms with Crippen LogP contribution >= 0.6 is 15.9 Å². The Morgan fingerprint density at radius 1 is 0.327 bits per heavy atom. The Hall–Kier alpha value is -9.34. The predicted octanol–water partition coefficient (Wildman–Crippen LogP) is 28.2. The van der Waals surface area contributed by atoms with Crippen LogP contribution in [0.15, 0.2) is 296 Å². The number of fused-ring (bicyclic) bond motifs is 6. The Morgan fingerprint density at radius 2 is 0.627 bits per heavy atom. The van der Waals surface area contributed by atoms with E-state index in [4.69, 9.17) is 18.2 Å². The second-order valence-corrected chi connectivity index (χ2v) is 44.4. The third kappa shape index (κ3) is 16.7. The van der Waals surface area contributed by atoms with Gasteiger partial charge in [-0.3, -0.25) is 0 Å². The van der Waals surface area contributed by atoms with Gasteiger partial charge in [0.1, 0.15) is 0 Å². The van der Waals surface area contributed by atoms with Crippen molar-refractivity contribution < 1.29 is 18.2 Å². The molecule has 1 aliphatic rings. The van der Waals surface area contributed by atoms with Gasteiger partial charge >= 0.3 is 7.12 Å². The molecule has 0 saturated carbocycles. The maximum atomic E-state index is 6.91. The van der Waals surface area contributed by atoms with E-state index in [9.17, 15) is 0 Å². The minimum absolute atomic E-state index is 0.367. The molecule has 8 nitrogen and oxygen atoms in total. The third-order valence-corrected chi connectivity index (χ3v) is 35.9. The summed E-state index contributed by atoms with van der Waals surface area (Å²) in [6.45, 7) is 37.9. The summed E-state index contributed by atoms with van der Waals surface area (Å²) in [5.74, 6) is 0. The first kappa shape index (κ1) is 78.8. The highest BCUT2D eigenvalue weighted by atomic mass is 79.9. The average Bonchev–Trinajstić information content (AvgIpc) is 1.59. The molecule has 0 unspecified atom stereocenters. The normalized spacial score (nSPS) is 13.6. The standard InChI is InChI=1S/C46H48N2OSi.C34H46BNO3Si.C18H14BrN/c1-32(2)50(33(3)4,34(5)6)49-31-35-16-27-42(28-17-35)48-45-15-11-10-14-43(45)44-30-39(22-29-46(44)48)38-20-25-41(26-21-38)47-40-23-18-37(19-24-40)36-12-8-7-9-13-36;1-23(2)40(24(3)4,25(5)6)37-22-26-15-18-28(19-16-26)36-31-14-12-11-13-29(31)30-21-27(17-20-32(30)36)35-38-33(7,8)34(9,10)39-35;19-16-8-12-18(13-9-16)20-17-10-6-15(7-11-17)14-4-2-1-3-5-14/h7-30,32-34,47H,31H2,1-6H3;11-21,23-25H,22H2,1-10H3;1-13,20H. The number of halogens is 1. The zero-order valence-electron chi connectivity index (χ0n) is 67.1. The first-order valence-electron chi connectivity index (χ1n) is 39.4. The summed E-state index contributed by atoms with van der Waals surface area (Å²) < 4.78 is 32.4. The van der Waals surface area contributed by atoms with E-state index in [1.54, 1.807) is 0 Å². The molecule has 0 spiro atoms. The first-order chi connectivity index (χ1) is 52.8. The molecular weight excluding hydrogens is 1440 g/mol. The Kier molecular flexibility index (Phi) is 24.1. The lowest BCUT2D eigenvalue weighted by atomic mass is 9.78. The fourth-order valence-electron chi connectivity index (χ4n) is 17.1. The van der Waals surface area contributed by atoms with E-state index in [0.717, 1.165) is 38.4 Å². The summed E-state index contributed by atoms with van der Waals surface area (Å²) in [7, 11) is -4.22. The largest absolute Gasteiger partial charge is 0.494 e. The third-order valence-electron chi connectivity index (χ3n) is 23.3. The number of hydrogen-bond donors (Lipinski definition) is 2. The van der Waals surface area contributed by atoms with Gasteiger partial charge in [-0.2, -0.15) is 0 Å². The van der Waals surface area contributed by atoms with Crippen LogP contribution in [0.3, 0.4) is 0 Å². The fourth-order valence-corrected chi connectivity index (χ4v) is 28.2. The lowest BCUT2D eigenvalue weighted by Gasteiger charge is -2.42. The second kappa shape index (κ2) is 33.7. The highest BCUT2D eigenvalue weighted by Crippen LogP contribution is 2.46. The van der Waals surface area contributed by atoms with Crippen molar-refractivity contribution in [1.82, 2.24) is 9.13 Å². The summed E-state index contributed by atoms with van der Waals surface area (Å²) in [5, 5.41) is 11.9. The van der Waals surface area contributed by atoms with Crippen molar-refractivity contribution in [3.8, 4) is 44.8 Å².